The van der Waals surface area contributed by atoms with Gasteiger partial charge in [-0.15, -0.1) is 0 Å². The maximum atomic E-state index is 10.4. The number of carbonyl (C=O) groups is 1. The van der Waals surface area contributed by atoms with Gasteiger partial charge in [-0.2, -0.15) is 0 Å². The molecule has 1 aromatic rings. The summed E-state index contributed by atoms with van der Waals surface area (Å²) in [7, 11) is 0. The van der Waals surface area contributed by atoms with E-state index in [2.05, 4.69) is 20.9 Å². The van der Waals surface area contributed by atoms with Gasteiger partial charge >= 0.3 is 5.97 Å². The second-order valence-corrected chi connectivity index (χ2v) is 3.90. The number of aliphatic carboxylic acids is 1. The second kappa shape index (κ2) is 4.72. The molecule has 14 heavy (non-hydrogen) atoms. The molecule has 1 rings (SSSR count). The zero-order chi connectivity index (χ0) is 10.7. The average Bonchev–Trinajstić information content (AvgIpc) is 2.11. The van der Waals surface area contributed by atoms with Crippen molar-refractivity contribution < 1.29 is 15.0 Å². The first kappa shape index (κ1) is 11.4. The van der Waals surface area contributed by atoms with Crippen LogP contribution in [0.1, 0.15) is 5.56 Å². The summed E-state index contributed by atoms with van der Waals surface area (Å²) in [6.45, 7) is 0. The first-order valence-electron chi connectivity index (χ1n) is 3.71. The number of carboxylic acids is 1. The molecule has 0 radical (unpaired) electrons. The molecule has 0 aliphatic rings. The lowest BCUT2D eigenvalue weighted by molar-refractivity contribution is -0.146. The Morgan fingerprint density at radius 1 is 1.71 bits per heavy atom. The lowest BCUT2D eigenvalue weighted by Crippen LogP contribution is -2.22. The Bertz CT molecular complexity index is 358. The van der Waals surface area contributed by atoms with Gasteiger partial charge in [0.05, 0.1) is 0 Å². The van der Waals surface area contributed by atoms with Crippen molar-refractivity contribution in [2.24, 2.45) is 0 Å². The number of rotatable bonds is 3. The Morgan fingerprint density at radius 3 is 2.93 bits per heavy atom. The summed E-state index contributed by atoms with van der Waals surface area (Å²) in [6.07, 6.45) is 0.0366. The molecule has 0 aliphatic heterocycles. The van der Waals surface area contributed by atoms with Gasteiger partial charge in [0.2, 0.25) is 0 Å². The third-order valence-electron chi connectivity index (χ3n) is 1.60. The molecule has 0 aromatic carbocycles. The van der Waals surface area contributed by atoms with E-state index in [0.29, 0.717) is 10.0 Å². The second-order valence-electron chi connectivity index (χ2n) is 2.66. The molecule has 4 nitrogen and oxygen atoms in total. The Kier molecular flexibility index (Phi) is 3.86. The smallest absolute Gasteiger partial charge is 0.332 e. The van der Waals surface area contributed by atoms with E-state index in [1.165, 1.54) is 12.3 Å². The molecule has 0 saturated carbocycles. The van der Waals surface area contributed by atoms with Crippen molar-refractivity contribution in [1.29, 1.82) is 0 Å². The number of hydrogen-bond donors (Lipinski definition) is 2. The van der Waals surface area contributed by atoms with Gasteiger partial charge in [0, 0.05) is 17.1 Å². The molecule has 1 atom stereocenters. The maximum absolute atomic E-state index is 10.4. The monoisotopic (exact) mass is 279 g/mol. The number of pyridine rings is 1. The molecule has 0 amide bonds. The molecule has 1 heterocycles. The van der Waals surface area contributed by atoms with Crippen molar-refractivity contribution in [3.63, 3.8) is 0 Å². The van der Waals surface area contributed by atoms with Crippen LogP contribution in [0, 0.1) is 0 Å². The highest BCUT2D eigenvalue weighted by Crippen LogP contribution is 2.20. The summed E-state index contributed by atoms with van der Waals surface area (Å²) in [6, 6.07) is 1.51. The Balaban J connectivity index is 2.85. The SMILES string of the molecule is O=C(O)C(O)Cc1cc(Cl)ncc1Br. The molecule has 1 unspecified atom stereocenters. The van der Waals surface area contributed by atoms with E-state index in [1.54, 1.807) is 0 Å². The highest BCUT2D eigenvalue weighted by atomic mass is 79.9. The standard InChI is InChI=1S/C8H7BrClNO3/c9-5-3-11-7(10)2-4(5)1-6(12)8(13)14/h2-3,6,12H,1H2,(H,13,14). The number of halogens is 2. The van der Waals surface area contributed by atoms with Gasteiger partial charge in [0.25, 0.3) is 0 Å². The van der Waals surface area contributed by atoms with E-state index in [9.17, 15) is 4.79 Å². The molecular weight excluding hydrogens is 273 g/mol. The van der Waals surface area contributed by atoms with Crippen LogP contribution < -0.4 is 0 Å². The molecule has 76 valence electrons. The van der Waals surface area contributed by atoms with Crippen molar-refractivity contribution in [3.8, 4) is 0 Å². The molecule has 1 aromatic heterocycles. The highest BCUT2D eigenvalue weighted by Gasteiger charge is 2.15. The van der Waals surface area contributed by atoms with Crippen LogP contribution in [0.3, 0.4) is 0 Å². The van der Waals surface area contributed by atoms with E-state index >= 15 is 0 Å². The number of aliphatic hydroxyl groups is 1. The topological polar surface area (TPSA) is 70.4 Å². The molecule has 2 N–H and O–H groups in total. The fourth-order valence-electron chi connectivity index (χ4n) is 0.903. The summed E-state index contributed by atoms with van der Waals surface area (Å²) in [5, 5.41) is 17.9. The number of hydrogen-bond acceptors (Lipinski definition) is 3. The molecule has 6 heteroatoms. The van der Waals surface area contributed by atoms with Gasteiger partial charge in [-0.05, 0) is 27.6 Å². The normalized spacial score (nSPS) is 12.5. The van der Waals surface area contributed by atoms with Crippen LogP contribution in [0.4, 0.5) is 0 Å². The summed E-state index contributed by atoms with van der Waals surface area (Å²) in [5.74, 6) is -1.26. The summed E-state index contributed by atoms with van der Waals surface area (Å²) in [4.78, 5) is 14.2. The molecular formula is C8H7BrClNO3. The van der Waals surface area contributed by atoms with Crippen LogP contribution in [-0.2, 0) is 11.2 Å². The van der Waals surface area contributed by atoms with E-state index in [4.69, 9.17) is 21.8 Å². The fraction of sp³-hybridized carbons (Fsp3) is 0.250. The Hall–Kier alpha value is -0.650. The van der Waals surface area contributed by atoms with Crippen LogP contribution in [0.15, 0.2) is 16.7 Å². The molecule has 0 spiro atoms. The zero-order valence-corrected chi connectivity index (χ0v) is 9.29. The number of aliphatic hydroxyl groups excluding tert-OH is 1. The van der Waals surface area contributed by atoms with Crippen LogP contribution in [0.2, 0.25) is 5.15 Å². The quantitative estimate of drug-likeness (QED) is 0.823. The van der Waals surface area contributed by atoms with E-state index in [-0.39, 0.29) is 11.6 Å². The van der Waals surface area contributed by atoms with E-state index in [0.717, 1.165) is 0 Å². The number of carboxylic acid groups (broad SMARTS) is 1. The zero-order valence-electron chi connectivity index (χ0n) is 6.94. The van der Waals surface area contributed by atoms with Crippen molar-refractivity contribution in [2.45, 2.75) is 12.5 Å². The number of aromatic nitrogens is 1. The van der Waals surface area contributed by atoms with Crippen molar-refractivity contribution in [3.05, 3.63) is 27.5 Å². The van der Waals surface area contributed by atoms with Gasteiger partial charge in [0.15, 0.2) is 6.10 Å². The van der Waals surface area contributed by atoms with Gasteiger partial charge in [0.1, 0.15) is 5.15 Å². The maximum Gasteiger partial charge on any atom is 0.332 e. The van der Waals surface area contributed by atoms with E-state index in [1.807, 2.05) is 0 Å². The number of nitrogens with zero attached hydrogens (tertiary/aromatic N) is 1. The molecule has 0 aliphatic carbocycles. The largest absolute Gasteiger partial charge is 0.479 e. The summed E-state index contributed by atoms with van der Waals surface area (Å²) in [5.41, 5.74) is 0.611. The van der Waals surface area contributed by atoms with E-state index < -0.39 is 12.1 Å². The van der Waals surface area contributed by atoms with Crippen LogP contribution in [-0.4, -0.2) is 27.3 Å². The average molecular weight is 281 g/mol. The van der Waals surface area contributed by atoms with Crippen LogP contribution >= 0.6 is 27.5 Å². The van der Waals surface area contributed by atoms with Crippen molar-refractivity contribution in [2.75, 3.05) is 0 Å². The van der Waals surface area contributed by atoms with Gasteiger partial charge in [-0.3, -0.25) is 0 Å². The third kappa shape index (κ3) is 2.94. The Labute approximate surface area is 93.7 Å². The first-order valence-corrected chi connectivity index (χ1v) is 4.88. The first-order chi connectivity index (χ1) is 6.50. The fourth-order valence-corrected chi connectivity index (χ4v) is 1.46. The van der Waals surface area contributed by atoms with Crippen molar-refractivity contribution >= 4 is 33.5 Å². The summed E-state index contributed by atoms with van der Waals surface area (Å²) < 4.78 is 0.627. The minimum absolute atomic E-state index is 0.00183. The minimum Gasteiger partial charge on any atom is -0.479 e. The lowest BCUT2D eigenvalue weighted by atomic mass is 10.1. The summed E-state index contributed by atoms with van der Waals surface area (Å²) >= 11 is 8.80. The van der Waals surface area contributed by atoms with Crippen LogP contribution in [0.25, 0.3) is 0 Å². The third-order valence-corrected chi connectivity index (χ3v) is 2.52. The molecule has 0 bridgehead atoms. The predicted molar refractivity (Wildman–Crippen MR) is 54.3 cm³/mol. The van der Waals surface area contributed by atoms with Crippen molar-refractivity contribution in [1.82, 2.24) is 4.98 Å². The lowest BCUT2D eigenvalue weighted by Gasteiger charge is -2.07. The molecule has 0 saturated heterocycles. The minimum atomic E-state index is -1.43. The van der Waals surface area contributed by atoms with Gasteiger partial charge < -0.3 is 10.2 Å². The van der Waals surface area contributed by atoms with Crippen LogP contribution in [0.5, 0.6) is 0 Å². The molecule has 0 fully saturated rings. The van der Waals surface area contributed by atoms with Gasteiger partial charge in [-0.25, -0.2) is 9.78 Å². The Morgan fingerprint density at radius 2 is 2.36 bits per heavy atom. The predicted octanol–water partition coefficient (Wildman–Crippen LogP) is 1.49. The highest BCUT2D eigenvalue weighted by molar-refractivity contribution is 9.10. The van der Waals surface area contributed by atoms with Gasteiger partial charge in [-0.1, -0.05) is 11.6 Å².